The normalized spacial score (nSPS) is 17.9. The highest BCUT2D eigenvalue weighted by molar-refractivity contribution is 7.15. The molecule has 2 aromatic heterocycles. The number of anilines is 1. The summed E-state index contributed by atoms with van der Waals surface area (Å²) in [6.07, 6.45) is 6.99. The van der Waals surface area contributed by atoms with Crippen molar-refractivity contribution in [3.8, 4) is 5.00 Å². The van der Waals surface area contributed by atoms with Crippen molar-refractivity contribution in [1.82, 2.24) is 9.47 Å². The van der Waals surface area contributed by atoms with Gasteiger partial charge in [0.05, 0.1) is 12.6 Å². The first kappa shape index (κ1) is 18.5. The summed E-state index contributed by atoms with van der Waals surface area (Å²) >= 11 is 1.93. The van der Waals surface area contributed by atoms with Gasteiger partial charge in [0.2, 0.25) is 0 Å². The monoisotopic (exact) mass is 405 g/mol. The van der Waals surface area contributed by atoms with Crippen molar-refractivity contribution >= 4 is 23.1 Å². The molecular weight excluding hydrogens is 378 g/mol. The van der Waals surface area contributed by atoms with Crippen LogP contribution >= 0.6 is 11.3 Å². The summed E-state index contributed by atoms with van der Waals surface area (Å²) < 4.78 is 2.31. The second-order valence-corrected chi connectivity index (χ2v) is 9.41. The molecule has 5 rings (SSSR count). The van der Waals surface area contributed by atoms with Crippen LogP contribution in [0.3, 0.4) is 0 Å². The number of rotatable bonds is 1. The summed E-state index contributed by atoms with van der Waals surface area (Å²) in [6.45, 7) is 6.97. The molecule has 1 aliphatic carbocycles. The van der Waals surface area contributed by atoms with Gasteiger partial charge in [-0.1, -0.05) is 6.07 Å². The van der Waals surface area contributed by atoms with Crippen molar-refractivity contribution in [1.29, 1.82) is 0 Å². The predicted octanol–water partition coefficient (Wildman–Crippen LogP) is 6.14. The van der Waals surface area contributed by atoms with Gasteiger partial charge in [-0.15, -0.1) is 11.3 Å². The topological polar surface area (TPSA) is 37.3 Å². The Balaban J connectivity index is 1.53. The first-order valence-electron chi connectivity index (χ1n) is 10.5. The van der Waals surface area contributed by atoms with Gasteiger partial charge in [0, 0.05) is 28.0 Å². The van der Waals surface area contributed by atoms with E-state index in [0.29, 0.717) is 6.54 Å². The first-order chi connectivity index (χ1) is 14.0. The molecular formula is C24H27N3OS. The highest BCUT2D eigenvalue weighted by atomic mass is 32.1. The SMILES string of the molecule is Cc1ccc(NC(=O)N2Cc3c(sc4c3CCCC4)-n3cccc3[C@H]2C)cc1C. The maximum Gasteiger partial charge on any atom is 0.322 e. The molecule has 0 unspecified atom stereocenters. The summed E-state index contributed by atoms with van der Waals surface area (Å²) in [5.41, 5.74) is 7.30. The Morgan fingerprint density at radius 1 is 1.10 bits per heavy atom. The highest BCUT2D eigenvalue weighted by Crippen LogP contribution is 2.42. The van der Waals surface area contributed by atoms with Crippen LogP contribution in [-0.4, -0.2) is 15.5 Å². The molecule has 1 atom stereocenters. The van der Waals surface area contributed by atoms with E-state index < -0.39 is 0 Å². The third kappa shape index (κ3) is 3.08. The molecule has 3 aromatic rings. The Labute approximate surface area is 176 Å². The summed E-state index contributed by atoms with van der Waals surface area (Å²) in [4.78, 5) is 16.9. The van der Waals surface area contributed by atoms with Crippen molar-refractivity contribution in [2.45, 2.75) is 59.0 Å². The number of benzene rings is 1. The number of nitrogens with zero attached hydrogens (tertiary/aromatic N) is 2. The number of amides is 2. The number of hydrogen-bond acceptors (Lipinski definition) is 2. The molecule has 0 bridgehead atoms. The maximum absolute atomic E-state index is 13.4. The van der Waals surface area contributed by atoms with Crippen LogP contribution in [0.2, 0.25) is 0 Å². The molecule has 5 heteroatoms. The number of carbonyl (C=O) groups excluding carboxylic acids is 1. The van der Waals surface area contributed by atoms with Crippen molar-refractivity contribution in [3.05, 3.63) is 69.4 Å². The summed E-state index contributed by atoms with van der Waals surface area (Å²) in [6, 6.07) is 10.3. The van der Waals surface area contributed by atoms with Crippen LogP contribution in [0.1, 0.15) is 58.6 Å². The molecule has 3 heterocycles. The van der Waals surface area contributed by atoms with E-state index in [9.17, 15) is 4.79 Å². The molecule has 29 heavy (non-hydrogen) atoms. The minimum Gasteiger partial charge on any atom is -0.312 e. The standard InChI is InChI=1S/C24H27N3OS/c1-15-10-11-18(13-16(15)2)25-24(28)27-14-20-19-7-4-5-9-22(19)29-23(20)26-12-6-8-21(26)17(27)3/h6,8,10-13,17H,4-5,7,9,14H2,1-3H3,(H,25,28)/t17-/m1/s1. The molecule has 2 aliphatic rings. The molecule has 1 aromatic carbocycles. The zero-order chi connectivity index (χ0) is 20.1. The van der Waals surface area contributed by atoms with Gasteiger partial charge in [0.15, 0.2) is 0 Å². The van der Waals surface area contributed by atoms with Gasteiger partial charge >= 0.3 is 6.03 Å². The Kier molecular flexibility index (Phi) is 4.50. The van der Waals surface area contributed by atoms with E-state index in [1.54, 1.807) is 0 Å². The molecule has 0 saturated heterocycles. The van der Waals surface area contributed by atoms with E-state index in [-0.39, 0.29) is 12.1 Å². The minimum absolute atomic E-state index is 0.00962. The first-order valence-corrected chi connectivity index (χ1v) is 11.3. The number of nitrogens with one attached hydrogen (secondary N) is 1. The van der Waals surface area contributed by atoms with E-state index in [4.69, 9.17) is 0 Å². The summed E-state index contributed by atoms with van der Waals surface area (Å²) in [5, 5.41) is 4.46. The van der Waals surface area contributed by atoms with E-state index >= 15 is 0 Å². The van der Waals surface area contributed by atoms with Crippen LogP contribution in [0.5, 0.6) is 0 Å². The Hall–Kier alpha value is -2.53. The lowest BCUT2D eigenvalue weighted by Gasteiger charge is -2.28. The molecule has 4 nitrogen and oxygen atoms in total. The zero-order valence-electron chi connectivity index (χ0n) is 17.3. The quantitative estimate of drug-likeness (QED) is 0.518. The fourth-order valence-electron chi connectivity index (χ4n) is 4.62. The van der Waals surface area contributed by atoms with Crippen LogP contribution in [0, 0.1) is 13.8 Å². The van der Waals surface area contributed by atoms with E-state index in [1.807, 2.05) is 22.3 Å². The second-order valence-electron chi connectivity index (χ2n) is 8.33. The number of aromatic nitrogens is 1. The fourth-order valence-corrected chi connectivity index (χ4v) is 6.03. The minimum atomic E-state index is -0.0305. The van der Waals surface area contributed by atoms with Crippen LogP contribution < -0.4 is 5.32 Å². The third-order valence-corrected chi connectivity index (χ3v) is 7.84. The zero-order valence-corrected chi connectivity index (χ0v) is 18.1. The van der Waals surface area contributed by atoms with Crippen molar-refractivity contribution in [2.75, 3.05) is 5.32 Å². The number of urea groups is 1. The van der Waals surface area contributed by atoms with E-state index in [1.165, 1.54) is 57.1 Å². The molecule has 1 N–H and O–H groups in total. The average molecular weight is 406 g/mol. The van der Waals surface area contributed by atoms with Crippen LogP contribution in [0.15, 0.2) is 36.5 Å². The van der Waals surface area contributed by atoms with Gasteiger partial charge in [-0.05, 0) is 87.4 Å². The number of hydrogen-bond donors (Lipinski definition) is 1. The lowest BCUT2D eigenvalue weighted by atomic mass is 9.95. The molecule has 1 aliphatic heterocycles. The summed E-state index contributed by atoms with van der Waals surface area (Å²) in [7, 11) is 0. The lowest BCUT2D eigenvalue weighted by Crippen LogP contribution is -2.36. The lowest BCUT2D eigenvalue weighted by molar-refractivity contribution is 0.189. The van der Waals surface area contributed by atoms with Crippen LogP contribution in [-0.2, 0) is 19.4 Å². The van der Waals surface area contributed by atoms with Crippen molar-refractivity contribution in [2.24, 2.45) is 0 Å². The van der Waals surface area contributed by atoms with E-state index in [0.717, 1.165) is 12.1 Å². The maximum atomic E-state index is 13.4. The molecule has 150 valence electrons. The average Bonchev–Trinajstić information content (AvgIpc) is 3.30. The molecule has 0 saturated carbocycles. The smallest absolute Gasteiger partial charge is 0.312 e. The number of fused-ring (bicyclic) bond motifs is 5. The van der Waals surface area contributed by atoms with Gasteiger partial charge in [0.1, 0.15) is 5.00 Å². The molecule has 0 spiro atoms. The predicted molar refractivity (Wildman–Crippen MR) is 119 cm³/mol. The van der Waals surface area contributed by atoms with Crippen molar-refractivity contribution < 1.29 is 4.79 Å². The van der Waals surface area contributed by atoms with Gasteiger partial charge in [0.25, 0.3) is 0 Å². The Bertz CT molecular complexity index is 1090. The Morgan fingerprint density at radius 2 is 1.93 bits per heavy atom. The van der Waals surface area contributed by atoms with Crippen LogP contribution in [0.25, 0.3) is 5.00 Å². The van der Waals surface area contributed by atoms with Crippen molar-refractivity contribution in [3.63, 3.8) is 0 Å². The van der Waals surface area contributed by atoms with Gasteiger partial charge in [-0.25, -0.2) is 4.79 Å². The van der Waals surface area contributed by atoms with Gasteiger partial charge in [-0.3, -0.25) is 0 Å². The third-order valence-electron chi connectivity index (χ3n) is 6.50. The molecule has 2 amide bonds. The van der Waals surface area contributed by atoms with Gasteiger partial charge < -0.3 is 14.8 Å². The fraction of sp³-hybridized carbons (Fsp3) is 0.375. The Morgan fingerprint density at radius 3 is 2.76 bits per heavy atom. The largest absolute Gasteiger partial charge is 0.322 e. The van der Waals surface area contributed by atoms with Gasteiger partial charge in [-0.2, -0.15) is 0 Å². The summed E-state index contributed by atoms with van der Waals surface area (Å²) in [5.74, 6) is 0. The number of aryl methyl sites for hydroxylation is 3. The van der Waals surface area contributed by atoms with E-state index in [2.05, 4.69) is 61.1 Å². The highest BCUT2D eigenvalue weighted by Gasteiger charge is 2.32. The number of thiophene rings is 1. The second kappa shape index (κ2) is 7.06. The molecule has 0 radical (unpaired) electrons. The molecule has 0 fully saturated rings. The van der Waals surface area contributed by atoms with Crippen LogP contribution in [0.4, 0.5) is 10.5 Å². The number of carbonyl (C=O) groups is 1.